The van der Waals surface area contributed by atoms with Crippen molar-refractivity contribution >= 4 is 33.9 Å². The van der Waals surface area contributed by atoms with Crippen LogP contribution in [0, 0.1) is 2.88 Å². The van der Waals surface area contributed by atoms with Crippen molar-refractivity contribution < 1.29 is 0 Å². The van der Waals surface area contributed by atoms with E-state index in [2.05, 4.69) is 22.6 Å². The second-order valence-electron chi connectivity index (χ2n) is 3.17. The number of halogens is 1. The highest BCUT2D eigenvalue weighted by Crippen LogP contribution is 2.34. The Morgan fingerprint density at radius 3 is 2.58 bits per heavy atom. The highest BCUT2D eigenvalue weighted by Gasteiger charge is 2.18. The lowest BCUT2D eigenvalue weighted by molar-refractivity contribution is 0.683. The molecule has 0 bridgehead atoms. The summed E-state index contributed by atoms with van der Waals surface area (Å²) in [5.74, 6) is 0. The predicted octanol–water partition coefficient (Wildman–Crippen LogP) is 2.69. The fourth-order valence-corrected chi connectivity index (χ4v) is 4.22. The largest absolute Gasteiger partial charge is 0.326 e. The number of hydrogen-bond acceptors (Lipinski definition) is 2. The number of rotatable bonds is 1. The van der Waals surface area contributed by atoms with Gasteiger partial charge in [0.2, 0.25) is 0 Å². The fourth-order valence-electron chi connectivity index (χ4n) is 1.83. The smallest absolute Gasteiger partial charge is 0.0691 e. The molecule has 0 fully saturated rings. The maximum atomic E-state index is 5.69. The number of thiophene rings is 1. The van der Waals surface area contributed by atoms with E-state index in [1.807, 2.05) is 11.3 Å². The van der Waals surface area contributed by atoms with Gasteiger partial charge in [0.15, 0.2) is 0 Å². The summed E-state index contributed by atoms with van der Waals surface area (Å²) in [7, 11) is 0. The molecule has 2 rings (SSSR count). The molecule has 3 heteroatoms. The Hall–Kier alpha value is 0.390. The van der Waals surface area contributed by atoms with Crippen molar-refractivity contribution in [2.45, 2.75) is 32.2 Å². The van der Waals surface area contributed by atoms with Crippen LogP contribution >= 0.6 is 33.9 Å². The molecule has 1 aliphatic rings. The van der Waals surface area contributed by atoms with E-state index in [1.165, 1.54) is 33.4 Å². The van der Waals surface area contributed by atoms with Gasteiger partial charge >= 0.3 is 0 Å². The molecule has 1 heterocycles. The third-order valence-corrected chi connectivity index (χ3v) is 4.84. The van der Waals surface area contributed by atoms with Crippen LogP contribution in [0.1, 0.15) is 28.8 Å². The maximum absolute atomic E-state index is 5.69. The highest BCUT2D eigenvalue weighted by molar-refractivity contribution is 14.1. The molecule has 1 aliphatic carbocycles. The lowest BCUT2D eigenvalue weighted by atomic mass is 9.94. The molecule has 0 radical (unpaired) electrons. The van der Waals surface area contributed by atoms with E-state index >= 15 is 0 Å². The summed E-state index contributed by atoms with van der Waals surface area (Å²) in [4.78, 5) is 1.43. The molecule has 0 saturated carbocycles. The van der Waals surface area contributed by atoms with Gasteiger partial charge in [-0.3, -0.25) is 0 Å². The van der Waals surface area contributed by atoms with E-state index in [9.17, 15) is 0 Å². The van der Waals surface area contributed by atoms with E-state index < -0.39 is 0 Å². The van der Waals surface area contributed by atoms with Gasteiger partial charge in [0.1, 0.15) is 0 Å². The number of hydrogen-bond donors (Lipinski definition) is 1. The molecule has 1 nitrogen and oxygen atoms in total. The Morgan fingerprint density at radius 1 is 1.25 bits per heavy atom. The first-order valence-corrected chi connectivity index (χ1v) is 6.21. The van der Waals surface area contributed by atoms with Gasteiger partial charge < -0.3 is 5.73 Å². The van der Waals surface area contributed by atoms with Crippen molar-refractivity contribution in [1.29, 1.82) is 0 Å². The third-order valence-electron chi connectivity index (χ3n) is 2.44. The van der Waals surface area contributed by atoms with Gasteiger partial charge in [-0.05, 0) is 59.4 Å². The first-order chi connectivity index (χ1) is 5.83. The third kappa shape index (κ3) is 1.42. The molecular formula is C9H12INS. The van der Waals surface area contributed by atoms with Gasteiger partial charge in [-0.25, -0.2) is 0 Å². The van der Waals surface area contributed by atoms with Crippen molar-refractivity contribution in [3.05, 3.63) is 18.9 Å². The van der Waals surface area contributed by atoms with Crippen LogP contribution in [-0.2, 0) is 19.4 Å². The monoisotopic (exact) mass is 293 g/mol. The lowest BCUT2D eigenvalue weighted by Crippen LogP contribution is -2.04. The second kappa shape index (κ2) is 3.64. The Morgan fingerprint density at radius 2 is 1.92 bits per heavy atom. The molecule has 0 aliphatic heterocycles. The Kier molecular flexibility index (Phi) is 2.72. The Bertz CT molecular complexity index is 293. The van der Waals surface area contributed by atoms with Crippen molar-refractivity contribution in [2.24, 2.45) is 5.73 Å². The second-order valence-corrected chi connectivity index (χ2v) is 6.08. The van der Waals surface area contributed by atoms with Crippen molar-refractivity contribution in [3.8, 4) is 0 Å². The molecule has 0 atom stereocenters. The standard InChI is InChI=1S/C9H12INS/c10-9-7-4-2-1-3-6(7)8(5-11)12-9/h1-5,11H2. The molecular weight excluding hydrogens is 281 g/mol. The minimum atomic E-state index is 0.732. The summed E-state index contributed by atoms with van der Waals surface area (Å²) in [5.41, 5.74) is 8.88. The van der Waals surface area contributed by atoms with Crippen LogP contribution in [0.5, 0.6) is 0 Å². The molecule has 0 amide bonds. The van der Waals surface area contributed by atoms with Crippen LogP contribution in [0.2, 0.25) is 0 Å². The van der Waals surface area contributed by atoms with E-state index in [4.69, 9.17) is 5.73 Å². The lowest BCUT2D eigenvalue weighted by Gasteiger charge is -2.12. The summed E-state index contributed by atoms with van der Waals surface area (Å²) in [6.07, 6.45) is 5.27. The minimum absolute atomic E-state index is 0.732. The molecule has 0 spiro atoms. The van der Waals surface area contributed by atoms with Gasteiger partial charge in [-0.1, -0.05) is 0 Å². The normalized spacial score (nSPS) is 16.2. The quantitative estimate of drug-likeness (QED) is 0.792. The molecule has 0 aromatic carbocycles. The summed E-state index contributed by atoms with van der Waals surface area (Å²) < 4.78 is 1.47. The van der Waals surface area contributed by atoms with Crippen LogP contribution in [0.3, 0.4) is 0 Å². The van der Waals surface area contributed by atoms with Gasteiger partial charge in [0.25, 0.3) is 0 Å². The summed E-state index contributed by atoms with van der Waals surface area (Å²) >= 11 is 4.34. The van der Waals surface area contributed by atoms with Crippen LogP contribution in [0.15, 0.2) is 0 Å². The first-order valence-electron chi connectivity index (χ1n) is 4.32. The molecule has 66 valence electrons. The molecule has 0 saturated heterocycles. The maximum Gasteiger partial charge on any atom is 0.0691 e. The Balaban J connectivity index is 2.47. The van der Waals surface area contributed by atoms with Gasteiger partial charge in [-0.15, -0.1) is 11.3 Å². The van der Waals surface area contributed by atoms with Crippen LogP contribution in [0.25, 0.3) is 0 Å². The predicted molar refractivity (Wildman–Crippen MR) is 61.6 cm³/mol. The summed E-state index contributed by atoms with van der Waals surface area (Å²) in [6, 6.07) is 0. The highest BCUT2D eigenvalue weighted by atomic mass is 127. The van der Waals surface area contributed by atoms with Crippen LogP contribution < -0.4 is 5.73 Å². The van der Waals surface area contributed by atoms with E-state index in [0.29, 0.717) is 0 Å². The van der Waals surface area contributed by atoms with E-state index in [0.717, 1.165) is 6.54 Å². The molecule has 1 aromatic heterocycles. The van der Waals surface area contributed by atoms with E-state index in [1.54, 1.807) is 11.1 Å². The average Bonchev–Trinajstić information content (AvgIpc) is 2.44. The topological polar surface area (TPSA) is 26.0 Å². The SMILES string of the molecule is NCc1sc(I)c2c1CCCC2. The Labute approximate surface area is 90.5 Å². The van der Waals surface area contributed by atoms with Gasteiger partial charge in [-0.2, -0.15) is 0 Å². The molecule has 12 heavy (non-hydrogen) atoms. The van der Waals surface area contributed by atoms with Gasteiger partial charge in [0, 0.05) is 11.4 Å². The number of nitrogens with two attached hydrogens (primary N) is 1. The van der Waals surface area contributed by atoms with Crippen molar-refractivity contribution in [2.75, 3.05) is 0 Å². The average molecular weight is 293 g/mol. The van der Waals surface area contributed by atoms with Gasteiger partial charge in [0.05, 0.1) is 2.88 Å². The zero-order valence-electron chi connectivity index (χ0n) is 6.90. The minimum Gasteiger partial charge on any atom is -0.326 e. The zero-order valence-corrected chi connectivity index (χ0v) is 9.87. The first kappa shape index (κ1) is 8.97. The van der Waals surface area contributed by atoms with Crippen molar-refractivity contribution in [3.63, 3.8) is 0 Å². The zero-order chi connectivity index (χ0) is 8.55. The van der Waals surface area contributed by atoms with Crippen LogP contribution in [0.4, 0.5) is 0 Å². The fraction of sp³-hybridized carbons (Fsp3) is 0.556. The summed E-state index contributed by atoms with van der Waals surface area (Å²) in [6.45, 7) is 0.732. The van der Waals surface area contributed by atoms with Crippen molar-refractivity contribution in [1.82, 2.24) is 0 Å². The molecule has 0 unspecified atom stereocenters. The van der Waals surface area contributed by atoms with E-state index in [-0.39, 0.29) is 0 Å². The molecule has 2 N–H and O–H groups in total. The van der Waals surface area contributed by atoms with Crippen LogP contribution in [-0.4, -0.2) is 0 Å². The molecule has 1 aromatic rings. The number of fused-ring (bicyclic) bond motifs is 1. The summed E-state index contributed by atoms with van der Waals surface area (Å²) in [5, 5.41) is 0.